The first kappa shape index (κ1) is 29.7. The van der Waals surface area contributed by atoms with E-state index in [0.29, 0.717) is 60.3 Å². The third-order valence-corrected chi connectivity index (χ3v) is 12.8. The first-order valence-electron chi connectivity index (χ1n) is 14.1. The SMILES string of the molecule is COc1cc(C)c(S(=O)(=O)N2CCCCC2CCCS(=O)(=O)N2CCN(C3CCN(C)CC3)CC2)c(C)c1. The molecule has 0 aliphatic carbocycles. The second-order valence-corrected chi connectivity index (χ2v) is 15.2. The van der Waals surface area contributed by atoms with Crippen LogP contribution in [0.25, 0.3) is 0 Å². The van der Waals surface area contributed by atoms with E-state index in [2.05, 4.69) is 16.8 Å². The highest BCUT2D eigenvalue weighted by Gasteiger charge is 2.36. The Morgan fingerprint density at radius 1 is 0.868 bits per heavy atom. The summed E-state index contributed by atoms with van der Waals surface area (Å²) in [5.74, 6) is 0.721. The first-order valence-corrected chi connectivity index (χ1v) is 17.2. The number of rotatable bonds is 9. The van der Waals surface area contributed by atoms with E-state index in [1.807, 2.05) is 0 Å². The van der Waals surface area contributed by atoms with Crippen LogP contribution >= 0.6 is 0 Å². The van der Waals surface area contributed by atoms with Crippen LogP contribution in [0.2, 0.25) is 0 Å². The monoisotopic (exact) mass is 570 g/mol. The van der Waals surface area contributed by atoms with Crippen LogP contribution in [-0.2, 0) is 20.0 Å². The average molecular weight is 571 g/mol. The van der Waals surface area contributed by atoms with Gasteiger partial charge in [0.2, 0.25) is 20.0 Å². The zero-order valence-electron chi connectivity index (χ0n) is 23.6. The van der Waals surface area contributed by atoms with Gasteiger partial charge in [0.15, 0.2) is 0 Å². The fourth-order valence-electron chi connectivity index (χ4n) is 6.47. The molecule has 1 aromatic carbocycles. The Labute approximate surface area is 230 Å². The average Bonchev–Trinajstić information content (AvgIpc) is 2.88. The maximum absolute atomic E-state index is 13.8. The van der Waals surface area contributed by atoms with Crippen LogP contribution in [0.1, 0.15) is 56.1 Å². The summed E-state index contributed by atoms with van der Waals surface area (Å²) in [5, 5.41) is 0. The molecule has 216 valence electrons. The topological polar surface area (TPSA) is 90.5 Å². The van der Waals surface area contributed by atoms with Gasteiger partial charge in [-0.1, -0.05) is 6.42 Å². The van der Waals surface area contributed by atoms with Crippen LogP contribution in [0, 0.1) is 13.8 Å². The van der Waals surface area contributed by atoms with Gasteiger partial charge in [-0.25, -0.2) is 16.8 Å². The number of hydrogen-bond acceptors (Lipinski definition) is 7. The standard InChI is InChI=1S/C27H46N4O5S2/c1-22-20-26(36-4)21-23(2)27(22)38(34,35)31-12-6-5-8-25(31)9-7-19-37(32,33)30-17-15-29(16-18-30)24-10-13-28(3)14-11-24/h20-21,24-25H,5-19H2,1-4H3. The van der Waals surface area contributed by atoms with Crippen LogP contribution in [0.4, 0.5) is 0 Å². The molecule has 0 N–H and O–H groups in total. The zero-order chi connectivity index (χ0) is 27.5. The van der Waals surface area contributed by atoms with E-state index < -0.39 is 20.0 Å². The van der Waals surface area contributed by atoms with Gasteiger partial charge in [-0.3, -0.25) is 4.90 Å². The van der Waals surface area contributed by atoms with Gasteiger partial charge in [0, 0.05) is 44.8 Å². The Morgan fingerprint density at radius 3 is 2.11 bits per heavy atom. The Balaban J connectivity index is 1.34. The Morgan fingerprint density at radius 2 is 1.50 bits per heavy atom. The van der Waals surface area contributed by atoms with E-state index in [1.54, 1.807) is 41.7 Å². The summed E-state index contributed by atoms with van der Waals surface area (Å²) in [5.41, 5.74) is 1.35. The number of hydrogen-bond donors (Lipinski definition) is 0. The van der Waals surface area contributed by atoms with E-state index in [1.165, 1.54) is 0 Å². The van der Waals surface area contributed by atoms with Crippen molar-refractivity contribution in [3.63, 3.8) is 0 Å². The molecular formula is C27H46N4O5S2. The minimum atomic E-state index is -3.69. The number of nitrogens with zero attached hydrogens (tertiary/aromatic N) is 4. The lowest BCUT2D eigenvalue weighted by Gasteiger charge is -2.41. The lowest BCUT2D eigenvalue weighted by molar-refractivity contribution is 0.0892. The molecule has 1 aromatic rings. The number of ether oxygens (including phenoxy) is 1. The summed E-state index contributed by atoms with van der Waals surface area (Å²) in [6.07, 6.45) is 5.88. The summed E-state index contributed by atoms with van der Waals surface area (Å²) in [7, 11) is -3.32. The second kappa shape index (κ2) is 12.5. The number of aryl methyl sites for hydroxylation is 2. The van der Waals surface area contributed by atoms with E-state index >= 15 is 0 Å². The quantitative estimate of drug-likeness (QED) is 0.451. The number of methoxy groups -OCH3 is 1. The van der Waals surface area contributed by atoms with Crippen LogP contribution in [0.15, 0.2) is 17.0 Å². The molecule has 3 aliphatic rings. The Kier molecular flexibility index (Phi) is 9.79. The molecule has 1 unspecified atom stereocenters. The molecule has 0 spiro atoms. The minimum Gasteiger partial charge on any atom is -0.497 e. The Hall–Kier alpha value is -1.24. The molecule has 0 amide bonds. The van der Waals surface area contributed by atoms with E-state index in [-0.39, 0.29) is 11.8 Å². The third kappa shape index (κ3) is 6.72. The molecule has 0 saturated carbocycles. The van der Waals surface area contributed by atoms with Gasteiger partial charge in [-0.05, 0) is 95.8 Å². The third-order valence-electron chi connectivity index (χ3n) is 8.62. The summed E-state index contributed by atoms with van der Waals surface area (Å²) in [6, 6.07) is 3.91. The lowest BCUT2D eigenvalue weighted by Crippen LogP contribution is -2.54. The van der Waals surface area contributed by atoms with Crippen LogP contribution in [0.3, 0.4) is 0 Å². The Bertz CT molecular complexity index is 1130. The van der Waals surface area contributed by atoms with Crippen molar-refractivity contribution >= 4 is 20.0 Å². The van der Waals surface area contributed by atoms with Crippen molar-refractivity contribution < 1.29 is 21.6 Å². The lowest BCUT2D eigenvalue weighted by atomic mass is 10.0. The number of benzene rings is 1. The van der Waals surface area contributed by atoms with Gasteiger partial charge < -0.3 is 9.64 Å². The summed E-state index contributed by atoms with van der Waals surface area (Å²) >= 11 is 0. The van der Waals surface area contributed by atoms with Crippen molar-refractivity contribution in [2.75, 3.05) is 65.7 Å². The maximum Gasteiger partial charge on any atom is 0.243 e. The molecule has 38 heavy (non-hydrogen) atoms. The summed E-state index contributed by atoms with van der Waals surface area (Å²) in [6.45, 7) is 8.99. The van der Waals surface area contributed by atoms with E-state index in [9.17, 15) is 16.8 Å². The van der Waals surface area contributed by atoms with E-state index in [4.69, 9.17) is 4.74 Å². The van der Waals surface area contributed by atoms with Crippen molar-refractivity contribution in [1.29, 1.82) is 0 Å². The molecule has 3 heterocycles. The highest BCUT2D eigenvalue weighted by Crippen LogP contribution is 2.33. The van der Waals surface area contributed by atoms with E-state index in [0.717, 1.165) is 58.3 Å². The zero-order valence-corrected chi connectivity index (χ0v) is 25.2. The molecule has 0 aromatic heterocycles. The molecule has 0 radical (unpaired) electrons. The molecule has 3 saturated heterocycles. The molecule has 0 bridgehead atoms. The molecule has 11 heteroatoms. The van der Waals surface area contributed by atoms with Crippen molar-refractivity contribution in [3.05, 3.63) is 23.3 Å². The van der Waals surface area contributed by atoms with Gasteiger partial charge in [0.1, 0.15) is 5.75 Å². The predicted octanol–water partition coefficient (Wildman–Crippen LogP) is 2.68. The highest BCUT2D eigenvalue weighted by molar-refractivity contribution is 7.89. The molecular weight excluding hydrogens is 524 g/mol. The van der Waals surface area contributed by atoms with Crippen molar-refractivity contribution in [2.45, 2.75) is 75.8 Å². The van der Waals surface area contributed by atoms with Gasteiger partial charge in [-0.15, -0.1) is 0 Å². The van der Waals surface area contributed by atoms with Crippen LogP contribution in [-0.4, -0.2) is 113 Å². The number of sulfonamides is 2. The number of piperidine rings is 2. The summed E-state index contributed by atoms with van der Waals surface area (Å²) in [4.78, 5) is 5.17. The number of likely N-dealkylation sites (tertiary alicyclic amines) is 1. The second-order valence-electron chi connectivity index (χ2n) is 11.3. The molecule has 9 nitrogen and oxygen atoms in total. The van der Waals surface area contributed by atoms with Gasteiger partial charge >= 0.3 is 0 Å². The normalized spacial score (nSPS) is 24.1. The predicted molar refractivity (Wildman–Crippen MR) is 151 cm³/mol. The molecule has 3 fully saturated rings. The minimum absolute atomic E-state index is 0.0756. The molecule has 3 aliphatic heterocycles. The van der Waals surface area contributed by atoms with Crippen LogP contribution in [0.5, 0.6) is 5.75 Å². The largest absolute Gasteiger partial charge is 0.497 e. The van der Waals surface area contributed by atoms with Gasteiger partial charge in [0.25, 0.3) is 0 Å². The van der Waals surface area contributed by atoms with Crippen LogP contribution < -0.4 is 4.74 Å². The molecule has 4 rings (SSSR count). The number of piperazine rings is 1. The van der Waals surface area contributed by atoms with Gasteiger partial charge in [0.05, 0.1) is 17.8 Å². The van der Waals surface area contributed by atoms with Crippen molar-refractivity contribution in [2.24, 2.45) is 0 Å². The first-order chi connectivity index (χ1) is 18.0. The highest BCUT2D eigenvalue weighted by atomic mass is 32.2. The molecule has 1 atom stereocenters. The maximum atomic E-state index is 13.8. The summed E-state index contributed by atoms with van der Waals surface area (Å²) < 4.78 is 62.5. The smallest absolute Gasteiger partial charge is 0.243 e. The fourth-order valence-corrected chi connectivity index (χ4v) is 10.1. The van der Waals surface area contributed by atoms with Crippen molar-refractivity contribution in [1.82, 2.24) is 18.4 Å². The van der Waals surface area contributed by atoms with Crippen molar-refractivity contribution in [3.8, 4) is 5.75 Å². The van der Waals surface area contributed by atoms with Gasteiger partial charge in [-0.2, -0.15) is 8.61 Å². The fraction of sp³-hybridized carbons (Fsp3) is 0.778.